The molecular formula is C12H8BrFO. The first-order valence-electron chi connectivity index (χ1n) is 4.42. The van der Waals surface area contributed by atoms with E-state index in [-0.39, 0.29) is 5.75 Å². The van der Waals surface area contributed by atoms with E-state index in [0.29, 0.717) is 5.56 Å². The van der Waals surface area contributed by atoms with Gasteiger partial charge in [-0.25, -0.2) is 4.39 Å². The molecule has 0 aliphatic rings. The van der Waals surface area contributed by atoms with Crippen LogP contribution in [0.4, 0.5) is 4.39 Å². The van der Waals surface area contributed by atoms with Crippen LogP contribution in [-0.2, 0) is 0 Å². The van der Waals surface area contributed by atoms with E-state index in [1.165, 1.54) is 6.07 Å². The molecule has 0 radical (unpaired) electrons. The Labute approximate surface area is 95.3 Å². The van der Waals surface area contributed by atoms with Crippen molar-refractivity contribution in [1.82, 2.24) is 0 Å². The number of phenolic OH excluding ortho intramolecular Hbond substituents is 1. The van der Waals surface area contributed by atoms with E-state index in [1.807, 2.05) is 24.3 Å². The lowest BCUT2D eigenvalue weighted by molar-refractivity contribution is 0.469. The summed E-state index contributed by atoms with van der Waals surface area (Å²) in [5.41, 5.74) is 1.25. The molecule has 0 fully saturated rings. The predicted octanol–water partition coefficient (Wildman–Crippen LogP) is 3.96. The summed E-state index contributed by atoms with van der Waals surface area (Å²) in [6.45, 7) is 0. The lowest BCUT2D eigenvalue weighted by Crippen LogP contribution is -1.84. The fourth-order valence-electron chi connectivity index (χ4n) is 1.40. The average molecular weight is 267 g/mol. The van der Waals surface area contributed by atoms with Gasteiger partial charge in [-0.15, -0.1) is 0 Å². The summed E-state index contributed by atoms with van der Waals surface area (Å²) in [4.78, 5) is 0. The molecule has 0 heterocycles. The van der Waals surface area contributed by atoms with E-state index in [4.69, 9.17) is 5.11 Å². The molecule has 1 nitrogen and oxygen atoms in total. The van der Waals surface area contributed by atoms with Crippen molar-refractivity contribution in [2.24, 2.45) is 0 Å². The molecule has 1 N–H and O–H groups in total. The molecule has 2 aromatic carbocycles. The van der Waals surface area contributed by atoms with Crippen LogP contribution in [0.1, 0.15) is 0 Å². The van der Waals surface area contributed by atoms with Crippen LogP contribution in [0.25, 0.3) is 11.1 Å². The highest BCUT2D eigenvalue weighted by Crippen LogP contribution is 2.31. The highest BCUT2D eigenvalue weighted by atomic mass is 79.9. The molecule has 3 heteroatoms. The SMILES string of the molecule is Oc1ccc(-c2ccccc2Br)c(F)c1. The van der Waals surface area contributed by atoms with Crippen LogP contribution in [0.3, 0.4) is 0 Å². The van der Waals surface area contributed by atoms with Crippen molar-refractivity contribution < 1.29 is 9.50 Å². The molecule has 76 valence electrons. The minimum absolute atomic E-state index is 0.0664. The first kappa shape index (κ1) is 10.2. The zero-order valence-corrected chi connectivity index (χ0v) is 9.33. The average Bonchev–Trinajstić information content (AvgIpc) is 2.20. The number of aromatic hydroxyl groups is 1. The fourth-order valence-corrected chi connectivity index (χ4v) is 1.90. The maximum atomic E-state index is 13.5. The van der Waals surface area contributed by atoms with Gasteiger partial charge in [0.15, 0.2) is 0 Å². The second-order valence-corrected chi connectivity index (χ2v) is 4.00. The normalized spacial score (nSPS) is 10.3. The predicted molar refractivity (Wildman–Crippen MR) is 61.2 cm³/mol. The van der Waals surface area contributed by atoms with Gasteiger partial charge in [-0.2, -0.15) is 0 Å². The Balaban J connectivity index is 2.60. The Morgan fingerprint density at radius 2 is 1.73 bits per heavy atom. The Kier molecular flexibility index (Phi) is 2.73. The fraction of sp³-hybridized carbons (Fsp3) is 0. The molecule has 0 aliphatic heterocycles. The molecule has 0 saturated heterocycles. The second kappa shape index (κ2) is 4.03. The minimum atomic E-state index is -0.429. The monoisotopic (exact) mass is 266 g/mol. The van der Waals surface area contributed by atoms with E-state index < -0.39 is 5.82 Å². The van der Waals surface area contributed by atoms with Crippen LogP contribution in [-0.4, -0.2) is 5.11 Å². The number of benzene rings is 2. The second-order valence-electron chi connectivity index (χ2n) is 3.14. The lowest BCUT2D eigenvalue weighted by atomic mass is 10.1. The summed E-state index contributed by atoms with van der Waals surface area (Å²) < 4.78 is 14.4. The van der Waals surface area contributed by atoms with Crippen LogP contribution in [0.15, 0.2) is 46.9 Å². The highest BCUT2D eigenvalue weighted by molar-refractivity contribution is 9.10. The van der Waals surface area contributed by atoms with Gasteiger partial charge in [0.1, 0.15) is 11.6 Å². The summed E-state index contributed by atoms with van der Waals surface area (Å²) in [5.74, 6) is -0.495. The van der Waals surface area contributed by atoms with Crippen molar-refractivity contribution in [2.75, 3.05) is 0 Å². The van der Waals surface area contributed by atoms with Crippen LogP contribution in [0.5, 0.6) is 5.75 Å². The minimum Gasteiger partial charge on any atom is -0.508 e. The van der Waals surface area contributed by atoms with Gasteiger partial charge in [-0.3, -0.25) is 0 Å². The summed E-state index contributed by atoms with van der Waals surface area (Å²) in [6, 6.07) is 11.5. The molecule has 0 spiro atoms. The van der Waals surface area contributed by atoms with Gasteiger partial charge < -0.3 is 5.11 Å². The molecule has 0 bridgehead atoms. The molecule has 15 heavy (non-hydrogen) atoms. The summed E-state index contributed by atoms with van der Waals surface area (Å²) in [6.07, 6.45) is 0. The van der Waals surface area contributed by atoms with Gasteiger partial charge in [-0.05, 0) is 23.8 Å². The van der Waals surface area contributed by atoms with Gasteiger partial charge in [-0.1, -0.05) is 34.1 Å². The number of hydrogen-bond donors (Lipinski definition) is 1. The maximum absolute atomic E-state index is 13.5. The van der Waals surface area contributed by atoms with Crippen molar-refractivity contribution in [3.05, 3.63) is 52.8 Å². The standard InChI is InChI=1S/C12H8BrFO/c13-11-4-2-1-3-9(11)10-6-5-8(15)7-12(10)14/h1-7,15H. The van der Waals surface area contributed by atoms with E-state index >= 15 is 0 Å². The molecular weight excluding hydrogens is 259 g/mol. The van der Waals surface area contributed by atoms with Crippen LogP contribution in [0, 0.1) is 5.82 Å². The first-order valence-corrected chi connectivity index (χ1v) is 5.21. The number of rotatable bonds is 1. The highest BCUT2D eigenvalue weighted by Gasteiger charge is 2.08. The van der Waals surface area contributed by atoms with Gasteiger partial charge in [0.05, 0.1) is 0 Å². The molecule has 2 rings (SSSR count). The number of hydrogen-bond acceptors (Lipinski definition) is 1. The molecule has 0 aliphatic carbocycles. The van der Waals surface area contributed by atoms with Crippen molar-refractivity contribution in [2.45, 2.75) is 0 Å². The molecule has 0 atom stereocenters. The Morgan fingerprint density at radius 1 is 1.00 bits per heavy atom. The van der Waals surface area contributed by atoms with Crippen LogP contribution < -0.4 is 0 Å². The maximum Gasteiger partial charge on any atom is 0.134 e. The Bertz CT molecular complexity index is 497. The number of phenols is 1. The molecule has 0 amide bonds. The van der Waals surface area contributed by atoms with Crippen molar-refractivity contribution in [3.63, 3.8) is 0 Å². The van der Waals surface area contributed by atoms with E-state index in [9.17, 15) is 4.39 Å². The first-order chi connectivity index (χ1) is 7.18. The third-order valence-electron chi connectivity index (χ3n) is 2.12. The third kappa shape index (κ3) is 2.02. The lowest BCUT2D eigenvalue weighted by Gasteiger charge is -2.05. The summed E-state index contributed by atoms with van der Waals surface area (Å²) in [7, 11) is 0. The summed E-state index contributed by atoms with van der Waals surface area (Å²) >= 11 is 3.36. The number of halogens is 2. The largest absolute Gasteiger partial charge is 0.508 e. The Hall–Kier alpha value is -1.35. The smallest absolute Gasteiger partial charge is 0.134 e. The van der Waals surface area contributed by atoms with Crippen LogP contribution >= 0.6 is 15.9 Å². The topological polar surface area (TPSA) is 20.2 Å². The van der Waals surface area contributed by atoms with Gasteiger partial charge in [0.2, 0.25) is 0 Å². The zero-order valence-electron chi connectivity index (χ0n) is 7.74. The molecule has 0 aromatic heterocycles. The van der Waals surface area contributed by atoms with Gasteiger partial charge in [0, 0.05) is 16.1 Å². The van der Waals surface area contributed by atoms with Crippen molar-refractivity contribution in [3.8, 4) is 16.9 Å². The van der Waals surface area contributed by atoms with Gasteiger partial charge in [0.25, 0.3) is 0 Å². The van der Waals surface area contributed by atoms with Crippen molar-refractivity contribution >= 4 is 15.9 Å². The summed E-state index contributed by atoms with van der Waals surface area (Å²) in [5, 5.41) is 9.10. The molecule has 2 aromatic rings. The molecule has 0 saturated carbocycles. The van der Waals surface area contributed by atoms with Gasteiger partial charge >= 0.3 is 0 Å². The van der Waals surface area contributed by atoms with Crippen molar-refractivity contribution in [1.29, 1.82) is 0 Å². The zero-order chi connectivity index (χ0) is 10.8. The van der Waals surface area contributed by atoms with E-state index in [0.717, 1.165) is 16.1 Å². The Morgan fingerprint density at radius 3 is 2.40 bits per heavy atom. The quantitative estimate of drug-likeness (QED) is 0.829. The van der Waals surface area contributed by atoms with Crippen LogP contribution in [0.2, 0.25) is 0 Å². The van der Waals surface area contributed by atoms with E-state index in [1.54, 1.807) is 6.07 Å². The molecule has 0 unspecified atom stereocenters. The van der Waals surface area contributed by atoms with E-state index in [2.05, 4.69) is 15.9 Å². The third-order valence-corrected chi connectivity index (χ3v) is 2.81.